The maximum Gasteiger partial charge on any atom is 0.148 e. The molecule has 1 unspecified atom stereocenters. The van der Waals surface area contributed by atoms with Gasteiger partial charge in [0, 0.05) is 25.7 Å². The molecule has 0 N–H and O–H groups in total. The van der Waals surface area contributed by atoms with Crippen LogP contribution in [-0.4, -0.2) is 41.1 Å². The number of carbonyl (C=O) groups is 1. The van der Waals surface area contributed by atoms with Crippen LogP contribution in [0.1, 0.15) is 6.42 Å². The summed E-state index contributed by atoms with van der Waals surface area (Å²) in [5.41, 5.74) is 0. The first-order chi connectivity index (χ1) is 7.25. The smallest absolute Gasteiger partial charge is 0.148 e. The topological polar surface area (TPSA) is 33.2 Å². The number of hydrogen-bond acceptors (Lipinski definition) is 4. The number of pyridine rings is 1. The summed E-state index contributed by atoms with van der Waals surface area (Å²) in [5, 5.41) is 0.991. The zero-order valence-corrected chi connectivity index (χ0v) is 9.54. The number of ketones is 1. The van der Waals surface area contributed by atoms with Crippen molar-refractivity contribution in [2.75, 3.05) is 20.1 Å². The van der Waals surface area contributed by atoms with Crippen LogP contribution in [0.5, 0.6) is 0 Å². The van der Waals surface area contributed by atoms with Gasteiger partial charge in [0.25, 0.3) is 0 Å². The molecule has 80 valence electrons. The van der Waals surface area contributed by atoms with Crippen LogP contribution >= 0.6 is 11.8 Å². The molecule has 0 amide bonds. The Morgan fingerprint density at radius 1 is 1.53 bits per heavy atom. The highest BCUT2D eigenvalue weighted by atomic mass is 32.2. The van der Waals surface area contributed by atoms with Gasteiger partial charge in [-0.1, -0.05) is 17.8 Å². The van der Waals surface area contributed by atoms with E-state index in [-0.39, 0.29) is 5.25 Å². The molecule has 15 heavy (non-hydrogen) atoms. The van der Waals surface area contributed by atoms with Gasteiger partial charge in [-0.15, -0.1) is 0 Å². The van der Waals surface area contributed by atoms with E-state index in [4.69, 9.17) is 0 Å². The molecule has 1 aromatic rings. The van der Waals surface area contributed by atoms with Gasteiger partial charge in [0.1, 0.15) is 5.78 Å². The maximum absolute atomic E-state index is 11.7. The highest BCUT2D eigenvalue weighted by Crippen LogP contribution is 2.25. The van der Waals surface area contributed by atoms with Crippen LogP contribution in [0.4, 0.5) is 0 Å². The monoisotopic (exact) mass is 222 g/mol. The first-order valence-electron chi connectivity index (χ1n) is 5.04. The molecule has 4 heteroatoms. The molecule has 0 aliphatic carbocycles. The molecule has 0 radical (unpaired) electrons. The van der Waals surface area contributed by atoms with Crippen molar-refractivity contribution >= 4 is 17.5 Å². The molecule has 1 aliphatic heterocycles. The molecule has 1 atom stereocenters. The molecule has 1 aliphatic rings. The van der Waals surface area contributed by atoms with E-state index < -0.39 is 0 Å². The van der Waals surface area contributed by atoms with Crippen molar-refractivity contribution in [2.45, 2.75) is 16.7 Å². The SMILES string of the molecule is CN1CCC(=O)C(Sc2ccccn2)C1. The number of carbonyl (C=O) groups excluding carboxylic acids is 1. The van der Waals surface area contributed by atoms with E-state index in [9.17, 15) is 4.79 Å². The molecule has 2 heterocycles. The van der Waals surface area contributed by atoms with Crippen molar-refractivity contribution in [2.24, 2.45) is 0 Å². The predicted octanol–water partition coefficient (Wildman–Crippen LogP) is 1.45. The van der Waals surface area contributed by atoms with Crippen LogP contribution in [0.3, 0.4) is 0 Å². The minimum atomic E-state index is 0.0543. The summed E-state index contributed by atoms with van der Waals surface area (Å²) in [7, 11) is 2.05. The van der Waals surface area contributed by atoms with E-state index in [1.807, 2.05) is 18.2 Å². The van der Waals surface area contributed by atoms with Gasteiger partial charge in [0.15, 0.2) is 0 Å². The fourth-order valence-electron chi connectivity index (χ4n) is 1.60. The number of rotatable bonds is 2. The Hall–Kier alpha value is -0.870. The molecular weight excluding hydrogens is 208 g/mol. The number of likely N-dealkylation sites (tertiary alicyclic amines) is 1. The molecule has 0 saturated carbocycles. The zero-order chi connectivity index (χ0) is 10.7. The normalized spacial score (nSPS) is 23.0. The van der Waals surface area contributed by atoms with E-state index in [0.29, 0.717) is 12.2 Å². The predicted molar refractivity (Wildman–Crippen MR) is 61.0 cm³/mol. The fraction of sp³-hybridized carbons (Fsp3) is 0.455. The number of aromatic nitrogens is 1. The first kappa shape index (κ1) is 10.6. The minimum Gasteiger partial charge on any atom is -0.304 e. The Morgan fingerprint density at radius 2 is 2.40 bits per heavy atom. The average molecular weight is 222 g/mol. The molecule has 2 rings (SSSR count). The molecule has 1 saturated heterocycles. The van der Waals surface area contributed by atoms with Crippen molar-refractivity contribution in [3.8, 4) is 0 Å². The third kappa shape index (κ3) is 2.79. The van der Waals surface area contributed by atoms with Crippen LogP contribution in [-0.2, 0) is 4.79 Å². The van der Waals surface area contributed by atoms with Crippen LogP contribution in [0.2, 0.25) is 0 Å². The quantitative estimate of drug-likeness (QED) is 0.758. The molecule has 3 nitrogen and oxygen atoms in total. The molecule has 0 bridgehead atoms. The average Bonchev–Trinajstić information content (AvgIpc) is 2.25. The van der Waals surface area contributed by atoms with E-state index in [1.165, 1.54) is 0 Å². The number of piperidine rings is 1. The Bertz CT molecular complexity index is 342. The lowest BCUT2D eigenvalue weighted by molar-refractivity contribution is -0.120. The van der Waals surface area contributed by atoms with Gasteiger partial charge >= 0.3 is 0 Å². The fourth-order valence-corrected chi connectivity index (χ4v) is 2.75. The second-order valence-corrected chi connectivity index (χ2v) is 4.98. The van der Waals surface area contributed by atoms with Crippen LogP contribution in [0, 0.1) is 0 Å². The van der Waals surface area contributed by atoms with Crippen molar-refractivity contribution in [1.82, 2.24) is 9.88 Å². The summed E-state index contributed by atoms with van der Waals surface area (Å²) in [6, 6.07) is 5.79. The minimum absolute atomic E-state index is 0.0543. The van der Waals surface area contributed by atoms with Crippen LogP contribution in [0.25, 0.3) is 0 Å². The lowest BCUT2D eigenvalue weighted by Crippen LogP contribution is -2.40. The van der Waals surface area contributed by atoms with E-state index >= 15 is 0 Å². The van der Waals surface area contributed by atoms with Gasteiger partial charge in [-0.2, -0.15) is 0 Å². The van der Waals surface area contributed by atoms with Crippen molar-refractivity contribution in [3.05, 3.63) is 24.4 Å². The Labute approximate surface area is 93.9 Å². The Balaban J connectivity index is 2.01. The van der Waals surface area contributed by atoms with Crippen molar-refractivity contribution < 1.29 is 4.79 Å². The summed E-state index contributed by atoms with van der Waals surface area (Å²) < 4.78 is 0. The second kappa shape index (κ2) is 4.77. The maximum atomic E-state index is 11.7. The summed E-state index contributed by atoms with van der Waals surface area (Å²) in [4.78, 5) is 18.1. The number of hydrogen-bond donors (Lipinski definition) is 0. The third-order valence-corrected chi connectivity index (χ3v) is 3.66. The van der Waals surface area contributed by atoms with E-state index in [0.717, 1.165) is 18.1 Å². The second-order valence-electron chi connectivity index (χ2n) is 3.75. The molecular formula is C11H14N2OS. The lowest BCUT2D eigenvalue weighted by Gasteiger charge is -2.27. The largest absolute Gasteiger partial charge is 0.304 e. The summed E-state index contributed by atoms with van der Waals surface area (Å²) in [5.74, 6) is 0.351. The van der Waals surface area contributed by atoms with E-state index in [2.05, 4.69) is 16.9 Å². The molecule has 1 fully saturated rings. The zero-order valence-electron chi connectivity index (χ0n) is 8.72. The van der Waals surface area contributed by atoms with Crippen LogP contribution in [0.15, 0.2) is 29.4 Å². The van der Waals surface area contributed by atoms with Crippen molar-refractivity contribution in [3.63, 3.8) is 0 Å². The Morgan fingerprint density at radius 3 is 3.13 bits per heavy atom. The molecule has 0 spiro atoms. The van der Waals surface area contributed by atoms with E-state index in [1.54, 1.807) is 18.0 Å². The van der Waals surface area contributed by atoms with Gasteiger partial charge in [-0.25, -0.2) is 4.98 Å². The first-order valence-corrected chi connectivity index (χ1v) is 5.92. The highest BCUT2D eigenvalue weighted by molar-refractivity contribution is 8.00. The van der Waals surface area contributed by atoms with Gasteiger partial charge in [-0.05, 0) is 19.2 Å². The molecule has 1 aromatic heterocycles. The highest BCUT2D eigenvalue weighted by Gasteiger charge is 2.26. The van der Waals surface area contributed by atoms with Gasteiger partial charge in [0.05, 0.1) is 10.3 Å². The van der Waals surface area contributed by atoms with Gasteiger partial charge in [0.2, 0.25) is 0 Å². The summed E-state index contributed by atoms with van der Waals surface area (Å²) in [6.45, 7) is 1.72. The third-order valence-electron chi connectivity index (χ3n) is 2.48. The van der Waals surface area contributed by atoms with Gasteiger partial charge in [-0.3, -0.25) is 4.79 Å². The van der Waals surface area contributed by atoms with Gasteiger partial charge < -0.3 is 4.90 Å². The van der Waals surface area contributed by atoms with Crippen LogP contribution < -0.4 is 0 Å². The standard InChI is InChI=1S/C11H14N2OS/c1-13-7-5-9(14)10(8-13)15-11-4-2-3-6-12-11/h2-4,6,10H,5,7-8H2,1H3. The summed E-state index contributed by atoms with van der Waals surface area (Å²) >= 11 is 1.57. The Kier molecular flexibility index (Phi) is 3.38. The number of nitrogens with zero attached hydrogens (tertiary/aromatic N) is 2. The lowest BCUT2D eigenvalue weighted by atomic mass is 10.1. The van der Waals surface area contributed by atoms with Crippen molar-refractivity contribution in [1.29, 1.82) is 0 Å². The molecule has 0 aromatic carbocycles. The summed E-state index contributed by atoms with van der Waals surface area (Å²) in [6.07, 6.45) is 2.43. The number of Topliss-reactive ketones (excluding diaryl/α,β-unsaturated/α-hetero) is 1. The number of thioether (sulfide) groups is 1.